The molecule has 0 fully saturated rings. The number of hydrogen-bond acceptors (Lipinski definition) is 1. The average Bonchev–Trinajstić information content (AvgIpc) is 2.68. The zero-order chi connectivity index (χ0) is 11.5. The highest BCUT2D eigenvalue weighted by Gasteiger charge is 2.10. The normalized spacial score (nSPS) is 12.7. The van der Waals surface area contributed by atoms with Gasteiger partial charge in [0, 0.05) is 0 Å². The van der Waals surface area contributed by atoms with Crippen molar-refractivity contribution in [3.05, 3.63) is 55.3 Å². The number of rotatable bonds is 3. The van der Waals surface area contributed by atoms with Crippen LogP contribution in [0.2, 0.25) is 0 Å². The number of hydrogen-bond donors (Lipinski definition) is 0. The number of benzene rings is 1. The van der Waals surface area contributed by atoms with Gasteiger partial charge in [0.15, 0.2) is 0 Å². The molecule has 1 heterocycles. The Morgan fingerprint density at radius 3 is 2.56 bits per heavy atom. The summed E-state index contributed by atoms with van der Waals surface area (Å²) in [5.74, 6) is 0. The molecule has 0 aliphatic rings. The lowest BCUT2D eigenvalue weighted by atomic mass is 10.1. The van der Waals surface area contributed by atoms with Gasteiger partial charge in [-0.15, -0.1) is 22.9 Å². The van der Waals surface area contributed by atoms with Crippen LogP contribution in [0.1, 0.15) is 22.1 Å². The summed E-state index contributed by atoms with van der Waals surface area (Å²) in [7, 11) is 0. The molecule has 16 heavy (non-hydrogen) atoms. The van der Waals surface area contributed by atoms with Gasteiger partial charge in [-0.3, -0.25) is 0 Å². The lowest BCUT2D eigenvalue weighted by Gasteiger charge is -2.07. The van der Waals surface area contributed by atoms with Crippen LogP contribution in [0.3, 0.4) is 0 Å². The van der Waals surface area contributed by atoms with Crippen LogP contribution in [-0.2, 0) is 6.42 Å². The summed E-state index contributed by atoms with van der Waals surface area (Å²) in [6, 6.07) is 10.7. The van der Waals surface area contributed by atoms with E-state index in [0.29, 0.717) is 0 Å². The molecular formula is C13H12ClIS. The van der Waals surface area contributed by atoms with Gasteiger partial charge < -0.3 is 0 Å². The molecule has 3 heteroatoms. The fourth-order valence-corrected chi connectivity index (χ4v) is 3.34. The summed E-state index contributed by atoms with van der Waals surface area (Å²) in [5.41, 5.74) is 3.82. The highest BCUT2D eigenvalue weighted by molar-refractivity contribution is 14.1. The molecular weight excluding hydrogens is 351 g/mol. The number of aryl methyl sites for hydroxylation is 1. The minimum absolute atomic E-state index is 0.0856. The van der Waals surface area contributed by atoms with Crippen LogP contribution in [0.15, 0.2) is 35.7 Å². The minimum Gasteiger partial charge on any atom is -0.137 e. The highest BCUT2D eigenvalue weighted by atomic mass is 127. The Kier molecular flexibility index (Phi) is 4.27. The number of thiophene rings is 1. The molecule has 1 aromatic heterocycles. The summed E-state index contributed by atoms with van der Waals surface area (Å²) >= 11 is 10.5. The van der Waals surface area contributed by atoms with E-state index >= 15 is 0 Å². The van der Waals surface area contributed by atoms with E-state index in [-0.39, 0.29) is 5.38 Å². The molecule has 1 aromatic carbocycles. The third-order valence-corrected chi connectivity index (χ3v) is 4.70. The van der Waals surface area contributed by atoms with Crippen molar-refractivity contribution in [3.63, 3.8) is 0 Å². The van der Waals surface area contributed by atoms with Crippen molar-refractivity contribution < 1.29 is 0 Å². The molecule has 0 amide bonds. The van der Waals surface area contributed by atoms with Crippen LogP contribution >= 0.6 is 45.5 Å². The summed E-state index contributed by atoms with van der Waals surface area (Å²) in [4.78, 5) is 0. The summed E-state index contributed by atoms with van der Waals surface area (Å²) < 4.78 is 1.29. The second-order valence-electron chi connectivity index (χ2n) is 3.84. The Morgan fingerprint density at radius 2 is 2.00 bits per heavy atom. The predicted octanol–water partition coefficient (Wildman–Crippen LogP) is 5.18. The van der Waals surface area contributed by atoms with E-state index in [1.54, 1.807) is 11.3 Å². The van der Waals surface area contributed by atoms with Crippen molar-refractivity contribution >= 4 is 45.5 Å². The SMILES string of the molecule is Cc1ccc(CC(Cl)c2csc(I)c2)cc1. The molecule has 2 aromatic rings. The first kappa shape index (κ1) is 12.4. The Balaban J connectivity index is 2.07. The molecule has 1 unspecified atom stereocenters. The Morgan fingerprint density at radius 1 is 1.31 bits per heavy atom. The lowest BCUT2D eigenvalue weighted by Crippen LogP contribution is -1.94. The third-order valence-electron chi connectivity index (χ3n) is 2.48. The largest absolute Gasteiger partial charge is 0.137 e. The first-order valence-corrected chi connectivity index (χ1v) is 7.48. The molecule has 0 N–H and O–H groups in total. The zero-order valence-corrected chi connectivity index (χ0v) is 12.6. The molecule has 0 radical (unpaired) electrons. The molecule has 0 nitrogen and oxygen atoms in total. The van der Waals surface area contributed by atoms with E-state index in [1.165, 1.54) is 19.6 Å². The zero-order valence-electron chi connectivity index (χ0n) is 8.91. The molecule has 0 bridgehead atoms. The maximum Gasteiger partial charge on any atom is 0.0656 e. The summed E-state index contributed by atoms with van der Waals surface area (Å²) in [5, 5.41) is 2.23. The lowest BCUT2D eigenvalue weighted by molar-refractivity contribution is 0.924. The first-order valence-electron chi connectivity index (χ1n) is 5.08. The van der Waals surface area contributed by atoms with E-state index in [0.717, 1.165) is 6.42 Å². The average molecular weight is 363 g/mol. The molecule has 0 saturated heterocycles. The first-order chi connectivity index (χ1) is 7.65. The van der Waals surface area contributed by atoms with Crippen molar-refractivity contribution in [2.75, 3.05) is 0 Å². The van der Waals surface area contributed by atoms with Crippen molar-refractivity contribution in [2.24, 2.45) is 0 Å². The molecule has 0 aliphatic carbocycles. The van der Waals surface area contributed by atoms with Crippen molar-refractivity contribution in [1.82, 2.24) is 0 Å². The van der Waals surface area contributed by atoms with Gasteiger partial charge in [-0.25, -0.2) is 0 Å². The van der Waals surface area contributed by atoms with Gasteiger partial charge in [0.1, 0.15) is 0 Å². The molecule has 1 atom stereocenters. The highest BCUT2D eigenvalue weighted by Crippen LogP contribution is 2.29. The van der Waals surface area contributed by atoms with Gasteiger partial charge in [-0.1, -0.05) is 29.8 Å². The smallest absolute Gasteiger partial charge is 0.0656 e. The molecule has 0 spiro atoms. The molecule has 84 valence electrons. The molecule has 0 saturated carbocycles. The van der Waals surface area contributed by atoms with Crippen LogP contribution in [0, 0.1) is 9.81 Å². The Bertz CT molecular complexity index is 461. The summed E-state index contributed by atoms with van der Waals surface area (Å²) in [6.07, 6.45) is 0.897. The van der Waals surface area contributed by atoms with Crippen LogP contribution in [0.4, 0.5) is 0 Å². The quantitative estimate of drug-likeness (QED) is 0.521. The Labute approximate surface area is 119 Å². The van der Waals surface area contributed by atoms with E-state index in [1.807, 2.05) is 0 Å². The van der Waals surface area contributed by atoms with E-state index in [9.17, 15) is 0 Å². The fraction of sp³-hybridized carbons (Fsp3) is 0.231. The van der Waals surface area contributed by atoms with Crippen molar-refractivity contribution in [2.45, 2.75) is 18.7 Å². The maximum atomic E-state index is 6.40. The summed E-state index contributed by atoms with van der Waals surface area (Å²) in [6.45, 7) is 2.10. The second-order valence-corrected chi connectivity index (χ2v) is 7.17. The minimum atomic E-state index is 0.0856. The van der Waals surface area contributed by atoms with Crippen LogP contribution in [-0.4, -0.2) is 0 Å². The van der Waals surface area contributed by atoms with Crippen LogP contribution in [0.25, 0.3) is 0 Å². The number of halogens is 2. The molecule has 2 rings (SSSR count). The van der Waals surface area contributed by atoms with Crippen LogP contribution in [0.5, 0.6) is 0 Å². The van der Waals surface area contributed by atoms with E-state index in [2.05, 4.69) is 65.2 Å². The van der Waals surface area contributed by atoms with Gasteiger partial charge in [0.25, 0.3) is 0 Å². The second kappa shape index (κ2) is 5.52. The number of alkyl halides is 1. The van der Waals surface area contributed by atoms with Gasteiger partial charge in [-0.05, 0) is 58.5 Å². The topological polar surface area (TPSA) is 0 Å². The van der Waals surface area contributed by atoms with Crippen molar-refractivity contribution in [1.29, 1.82) is 0 Å². The molecule has 0 aliphatic heterocycles. The van der Waals surface area contributed by atoms with Crippen molar-refractivity contribution in [3.8, 4) is 0 Å². The van der Waals surface area contributed by atoms with E-state index < -0.39 is 0 Å². The van der Waals surface area contributed by atoms with Gasteiger partial charge in [0.05, 0.1) is 8.26 Å². The monoisotopic (exact) mass is 362 g/mol. The van der Waals surface area contributed by atoms with Gasteiger partial charge in [0.2, 0.25) is 0 Å². The Hall–Kier alpha value is -0.0600. The van der Waals surface area contributed by atoms with Gasteiger partial charge in [-0.2, -0.15) is 0 Å². The van der Waals surface area contributed by atoms with E-state index in [4.69, 9.17) is 11.6 Å². The van der Waals surface area contributed by atoms with Gasteiger partial charge >= 0.3 is 0 Å². The maximum absolute atomic E-state index is 6.40. The predicted molar refractivity (Wildman–Crippen MR) is 80.5 cm³/mol. The van der Waals surface area contributed by atoms with Crippen LogP contribution < -0.4 is 0 Å². The standard InChI is InChI=1S/C13H12ClIS/c1-9-2-4-10(5-3-9)6-12(14)11-7-13(15)16-8-11/h2-5,7-8,12H,6H2,1H3. The third kappa shape index (κ3) is 3.22. The fourth-order valence-electron chi connectivity index (χ4n) is 1.54.